The van der Waals surface area contributed by atoms with E-state index in [0.717, 1.165) is 16.9 Å². The third-order valence-corrected chi connectivity index (χ3v) is 7.65. The van der Waals surface area contributed by atoms with Crippen LogP contribution in [-0.4, -0.2) is 41.1 Å². The summed E-state index contributed by atoms with van der Waals surface area (Å²) in [7, 11) is 3.18. The van der Waals surface area contributed by atoms with Gasteiger partial charge in [-0.25, -0.2) is 4.98 Å². The van der Waals surface area contributed by atoms with Crippen LogP contribution in [0.3, 0.4) is 0 Å². The van der Waals surface area contributed by atoms with E-state index in [1.54, 1.807) is 14.2 Å². The quantitative estimate of drug-likeness (QED) is 0.272. The van der Waals surface area contributed by atoms with Gasteiger partial charge in [0.2, 0.25) is 11.0 Å². The summed E-state index contributed by atoms with van der Waals surface area (Å²) >= 11 is 4.11. The topological polar surface area (TPSA) is 98.3 Å². The van der Waals surface area contributed by atoms with Crippen LogP contribution in [0.4, 0.5) is 16.0 Å². The summed E-state index contributed by atoms with van der Waals surface area (Å²) in [6.07, 6.45) is 0. The van der Waals surface area contributed by atoms with Gasteiger partial charge in [-0.3, -0.25) is 4.79 Å². The Morgan fingerprint density at radius 2 is 1.82 bits per heavy atom. The second kappa shape index (κ2) is 10.9. The summed E-state index contributed by atoms with van der Waals surface area (Å²) < 4.78 is 11.3. The minimum absolute atomic E-state index is 0.155. The van der Waals surface area contributed by atoms with E-state index in [4.69, 9.17) is 9.47 Å². The maximum absolute atomic E-state index is 12.4. The summed E-state index contributed by atoms with van der Waals surface area (Å²) in [4.78, 5) is 16.9. The number of carbonyl (C=O) groups is 1. The largest absolute Gasteiger partial charge is 0.493 e. The predicted octanol–water partition coefficient (Wildman–Crippen LogP) is 5.77. The van der Waals surface area contributed by atoms with E-state index in [-0.39, 0.29) is 11.7 Å². The Morgan fingerprint density at radius 3 is 2.59 bits per heavy atom. The third kappa shape index (κ3) is 5.85. The molecule has 2 heterocycles. The smallest absolute Gasteiger partial charge is 0.236 e. The van der Waals surface area contributed by atoms with Gasteiger partial charge in [0, 0.05) is 16.6 Å². The minimum Gasteiger partial charge on any atom is -0.493 e. The van der Waals surface area contributed by atoms with Gasteiger partial charge in [0.25, 0.3) is 0 Å². The highest BCUT2D eigenvalue weighted by Crippen LogP contribution is 2.34. The lowest BCUT2D eigenvalue weighted by Crippen LogP contribution is -2.13. The van der Waals surface area contributed by atoms with Crippen molar-refractivity contribution in [3.05, 3.63) is 52.9 Å². The molecule has 0 atom stereocenters. The molecule has 34 heavy (non-hydrogen) atoms. The fraction of sp³-hybridized carbons (Fsp3) is 0.217. The first-order chi connectivity index (χ1) is 16.4. The number of hydrogen-bond donors (Lipinski definition) is 2. The Kier molecular flexibility index (Phi) is 7.66. The van der Waals surface area contributed by atoms with E-state index in [1.807, 2.05) is 29.6 Å². The van der Waals surface area contributed by atoms with E-state index in [1.165, 1.54) is 45.6 Å². The first-order valence-corrected chi connectivity index (χ1v) is 12.9. The van der Waals surface area contributed by atoms with Gasteiger partial charge in [0.05, 0.1) is 25.7 Å². The van der Waals surface area contributed by atoms with E-state index in [0.29, 0.717) is 26.1 Å². The van der Waals surface area contributed by atoms with Gasteiger partial charge >= 0.3 is 0 Å². The number of rotatable bonds is 9. The number of nitrogens with zero attached hydrogens (tertiary/aromatic N) is 3. The molecule has 0 aliphatic rings. The van der Waals surface area contributed by atoms with Crippen LogP contribution in [0.25, 0.3) is 11.3 Å². The fourth-order valence-corrected chi connectivity index (χ4v) is 5.31. The number of carbonyl (C=O) groups excluding carboxylic acids is 1. The molecule has 8 nitrogen and oxygen atoms in total. The van der Waals surface area contributed by atoms with Crippen LogP contribution in [0.5, 0.6) is 11.5 Å². The third-order valence-electron chi connectivity index (χ3n) is 4.92. The summed E-state index contributed by atoms with van der Waals surface area (Å²) in [5, 5.41) is 17.5. The van der Waals surface area contributed by atoms with Gasteiger partial charge in [0.1, 0.15) is 0 Å². The van der Waals surface area contributed by atoms with Gasteiger partial charge in [0.15, 0.2) is 21.0 Å². The number of hydrogen-bond acceptors (Lipinski definition) is 10. The predicted molar refractivity (Wildman–Crippen MR) is 139 cm³/mol. The zero-order chi connectivity index (χ0) is 24.1. The number of methoxy groups -OCH3 is 2. The average molecular weight is 514 g/mol. The highest BCUT2D eigenvalue weighted by Gasteiger charge is 2.13. The molecule has 0 fully saturated rings. The van der Waals surface area contributed by atoms with Crippen molar-refractivity contribution in [2.45, 2.75) is 18.2 Å². The highest BCUT2D eigenvalue weighted by molar-refractivity contribution is 8.01. The molecule has 2 aromatic heterocycles. The standard InChI is InChI=1S/C23H23N5O3S3/c1-13-5-7-16(9-14(13)2)24-22-27-28-23(34-22)33-12-20(29)26-21-25-17(11-32-21)15-6-8-18(30-3)19(10-15)31-4/h5-11H,12H2,1-4H3,(H,24,27)(H,25,26,29). The van der Waals surface area contributed by atoms with Crippen molar-refractivity contribution in [1.29, 1.82) is 0 Å². The lowest BCUT2D eigenvalue weighted by atomic mass is 10.1. The number of amides is 1. The molecular formula is C23H23N5O3S3. The van der Waals surface area contributed by atoms with Crippen LogP contribution in [0.2, 0.25) is 0 Å². The number of ether oxygens (including phenoxy) is 2. The number of benzene rings is 2. The van der Waals surface area contributed by atoms with Crippen molar-refractivity contribution in [2.24, 2.45) is 0 Å². The van der Waals surface area contributed by atoms with Gasteiger partial charge in [-0.15, -0.1) is 21.5 Å². The second-order valence-electron chi connectivity index (χ2n) is 7.24. The average Bonchev–Trinajstić information content (AvgIpc) is 3.49. The molecule has 0 radical (unpaired) electrons. The zero-order valence-electron chi connectivity index (χ0n) is 19.0. The van der Waals surface area contributed by atoms with Crippen LogP contribution in [0, 0.1) is 13.8 Å². The second-order valence-corrected chi connectivity index (χ2v) is 10.3. The summed E-state index contributed by atoms with van der Waals surface area (Å²) in [6.45, 7) is 4.15. The molecule has 0 bridgehead atoms. The number of thioether (sulfide) groups is 1. The number of nitrogens with one attached hydrogen (secondary N) is 2. The van der Waals surface area contributed by atoms with E-state index in [2.05, 4.69) is 51.8 Å². The van der Waals surface area contributed by atoms with E-state index < -0.39 is 0 Å². The molecule has 4 rings (SSSR count). The van der Waals surface area contributed by atoms with Crippen molar-refractivity contribution in [3.63, 3.8) is 0 Å². The van der Waals surface area contributed by atoms with Crippen LogP contribution in [-0.2, 0) is 4.79 Å². The molecule has 0 spiro atoms. The molecule has 0 saturated heterocycles. The monoisotopic (exact) mass is 513 g/mol. The van der Waals surface area contributed by atoms with Crippen molar-refractivity contribution in [1.82, 2.24) is 15.2 Å². The molecular weight excluding hydrogens is 490 g/mol. The molecule has 1 amide bonds. The van der Waals surface area contributed by atoms with E-state index >= 15 is 0 Å². The minimum atomic E-state index is -0.155. The molecule has 11 heteroatoms. The van der Waals surface area contributed by atoms with Crippen molar-refractivity contribution < 1.29 is 14.3 Å². The fourth-order valence-electron chi connectivity index (χ4n) is 3.00. The molecule has 2 N–H and O–H groups in total. The first kappa shape index (κ1) is 24.0. The molecule has 0 unspecified atom stereocenters. The number of aromatic nitrogens is 3. The zero-order valence-corrected chi connectivity index (χ0v) is 21.5. The number of thiazole rings is 1. The molecule has 0 aliphatic carbocycles. The lowest BCUT2D eigenvalue weighted by molar-refractivity contribution is -0.113. The van der Waals surface area contributed by atoms with Crippen LogP contribution in [0.1, 0.15) is 11.1 Å². The molecule has 0 saturated carbocycles. The van der Waals surface area contributed by atoms with Gasteiger partial charge in [-0.2, -0.15) is 0 Å². The molecule has 0 aliphatic heterocycles. The number of aryl methyl sites for hydroxylation is 2. The Balaban J connectivity index is 1.31. The van der Waals surface area contributed by atoms with Gasteiger partial charge in [-0.1, -0.05) is 29.2 Å². The Morgan fingerprint density at radius 1 is 1.00 bits per heavy atom. The summed E-state index contributed by atoms with van der Waals surface area (Å²) in [6, 6.07) is 11.7. The molecule has 2 aromatic carbocycles. The molecule has 176 valence electrons. The Bertz CT molecular complexity index is 1300. The van der Waals surface area contributed by atoms with E-state index in [9.17, 15) is 4.79 Å². The van der Waals surface area contributed by atoms with Gasteiger partial charge < -0.3 is 20.1 Å². The maximum Gasteiger partial charge on any atom is 0.236 e. The highest BCUT2D eigenvalue weighted by atomic mass is 32.2. The van der Waals surface area contributed by atoms with Crippen LogP contribution in [0.15, 0.2) is 46.1 Å². The maximum atomic E-state index is 12.4. The summed E-state index contributed by atoms with van der Waals surface area (Å²) in [5.74, 6) is 1.33. The van der Waals surface area contributed by atoms with Crippen molar-refractivity contribution >= 4 is 56.3 Å². The van der Waals surface area contributed by atoms with Crippen molar-refractivity contribution in [2.75, 3.05) is 30.6 Å². The van der Waals surface area contributed by atoms with Crippen LogP contribution >= 0.6 is 34.4 Å². The Labute approximate surface area is 209 Å². The summed E-state index contributed by atoms with van der Waals surface area (Å²) in [5.41, 5.74) is 5.03. The number of anilines is 3. The van der Waals surface area contributed by atoms with Gasteiger partial charge in [-0.05, 0) is 55.3 Å². The normalized spacial score (nSPS) is 10.7. The SMILES string of the molecule is COc1ccc(-c2csc(NC(=O)CSc3nnc(Nc4ccc(C)c(C)c4)s3)n2)cc1OC. The molecule has 4 aromatic rings. The Hall–Kier alpha value is -3.15. The first-order valence-electron chi connectivity index (χ1n) is 10.2. The lowest BCUT2D eigenvalue weighted by Gasteiger charge is -2.08. The van der Waals surface area contributed by atoms with Crippen molar-refractivity contribution in [3.8, 4) is 22.8 Å². The van der Waals surface area contributed by atoms with Crippen LogP contribution < -0.4 is 20.1 Å².